The molecule has 0 aromatic heterocycles. The standard InChI is InChI=1S/C8H19GeO3/c1-5-9(10-6-2,11-7-3)12-8-4/h1,5-8H2,2-4H3. The molecule has 0 unspecified atom stereocenters. The Labute approximate surface area is 78.8 Å². The van der Waals surface area contributed by atoms with Gasteiger partial charge < -0.3 is 0 Å². The summed E-state index contributed by atoms with van der Waals surface area (Å²) < 4.78 is 16.6. The van der Waals surface area contributed by atoms with Crippen molar-refractivity contribution in [2.45, 2.75) is 26.0 Å². The van der Waals surface area contributed by atoms with Crippen molar-refractivity contribution in [3.05, 3.63) is 6.92 Å². The summed E-state index contributed by atoms with van der Waals surface area (Å²) in [6, 6.07) is 0. The number of hydrogen-bond donors (Lipinski definition) is 0. The molecule has 0 saturated carbocycles. The molecule has 12 heavy (non-hydrogen) atoms. The summed E-state index contributed by atoms with van der Waals surface area (Å²) in [5, 5.41) is 0.648. The van der Waals surface area contributed by atoms with Crippen molar-refractivity contribution in [3.8, 4) is 0 Å². The van der Waals surface area contributed by atoms with E-state index < -0.39 is 14.3 Å². The van der Waals surface area contributed by atoms with Crippen LogP contribution in [-0.2, 0) is 11.3 Å². The van der Waals surface area contributed by atoms with Crippen LogP contribution >= 0.6 is 0 Å². The first-order chi connectivity index (χ1) is 5.74. The molecule has 0 spiro atoms. The zero-order chi connectivity index (χ0) is 9.45. The third-order valence-corrected chi connectivity index (χ3v) is 7.27. The molecule has 0 N–H and O–H groups in total. The SMILES string of the molecule is [CH2][CH2][Ge]([O]CC)([O]CC)[O]CC. The molecule has 0 heterocycles. The number of rotatable bonds is 7. The fraction of sp³-hybridized carbons (Fsp3) is 0.875. The van der Waals surface area contributed by atoms with Gasteiger partial charge >= 0.3 is 78.3 Å². The molecule has 0 rings (SSSR count). The zero-order valence-electron chi connectivity index (χ0n) is 8.26. The molecule has 0 aliphatic rings. The van der Waals surface area contributed by atoms with Crippen LogP contribution in [0.2, 0.25) is 5.25 Å². The van der Waals surface area contributed by atoms with Crippen LogP contribution in [0, 0.1) is 6.92 Å². The van der Waals surface area contributed by atoms with Gasteiger partial charge in [0.25, 0.3) is 0 Å². The average Bonchev–Trinajstić information content (AvgIpc) is 2.06. The van der Waals surface area contributed by atoms with E-state index in [2.05, 4.69) is 6.92 Å². The molecule has 73 valence electrons. The molecule has 0 aliphatic heterocycles. The predicted octanol–water partition coefficient (Wildman–Crippen LogP) is 1.87. The molecular weight excluding hydrogens is 217 g/mol. The second-order valence-corrected chi connectivity index (χ2v) is 7.96. The van der Waals surface area contributed by atoms with Crippen LogP contribution in [0.15, 0.2) is 0 Å². The average molecular weight is 236 g/mol. The van der Waals surface area contributed by atoms with Gasteiger partial charge in [-0.25, -0.2) is 0 Å². The molecule has 0 aromatic rings. The molecule has 0 bridgehead atoms. The summed E-state index contributed by atoms with van der Waals surface area (Å²) in [5.74, 6) is 0. The first-order valence-electron chi connectivity index (χ1n) is 4.45. The van der Waals surface area contributed by atoms with Crippen LogP contribution in [0.25, 0.3) is 0 Å². The molecule has 0 aromatic carbocycles. The fourth-order valence-corrected chi connectivity index (χ4v) is 5.20. The maximum absolute atomic E-state index is 5.54. The van der Waals surface area contributed by atoms with E-state index in [1.54, 1.807) is 0 Å². The Kier molecular flexibility index (Phi) is 7.13. The molecule has 4 heteroatoms. The number of hydrogen-bond acceptors (Lipinski definition) is 3. The summed E-state index contributed by atoms with van der Waals surface area (Å²) in [5.41, 5.74) is 0. The Morgan fingerprint density at radius 1 is 0.917 bits per heavy atom. The van der Waals surface area contributed by atoms with Gasteiger partial charge in [-0.15, -0.1) is 0 Å². The summed E-state index contributed by atoms with van der Waals surface area (Å²) >= 11 is -2.89. The van der Waals surface area contributed by atoms with Gasteiger partial charge in [-0.1, -0.05) is 0 Å². The summed E-state index contributed by atoms with van der Waals surface area (Å²) in [6.45, 7) is 11.6. The molecule has 0 atom stereocenters. The third kappa shape index (κ3) is 3.89. The first kappa shape index (κ1) is 12.4. The van der Waals surface area contributed by atoms with Crippen molar-refractivity contribution in [1.29, 1.82) is 0 Å². The zero-order valence-corrected chi connectivity index (χ0v) is 10.4. The van der Waals surface area contributed by atoms with E-state index in [0.29, 0.717) is 25.1 Å². The van der Waals surface area contributed by atoms with Crippen LogP contribution < -0.4 is 0 Å². The Balaban J connectivity index is 4.06. The van der Waals surface area contributed by atoms with E-state index in [1.165, 1.54) is 0 Å². The molecule has 3 nitrogen and oxygen atoms in total. The van der Waals surface area contributed by atoms with Gasteiger partial charge in [0.1, 0.15) is 0 Å². The molecule has 1 radical (unpaired) electrons. The van der Waals surface area contributed by atoms with Gasteiger partial charge in [0.15, 0.2) is 0 Å². The van der Waals surface area contributed by atoms with Gasteiger partial charge in [0, 0.05) is 0 Å². The quantitative estimate of drug-likeness (QED) is 0.631. The normalized spacial score (nSPS) is 12.0. The maximum atomic E-state index is 5.54. The topological polar surface area (TPSA) is 27.7 Å². The van der Waals surface area contributed by atoms with Crippen molar-refractivity contribution in [2.75, 3.05) is 19.8 Å². The Hall–Kier alpha value is 0.423. The van der Waals surface area contributed by atoms with Crippen molar-refractivity contribution in [1.82, 2.24) is 0 Å². The van der Waals surface area contributed by atoms with Crippen LogP contribution in [0.5, 0.6) is 0 Å². The molecule has 0 fully saturated rings. The molecule has 0 saturated heterocycles. The van der Waals surface area contributed by atoms with Gasteiger partial charge in [-0.2, -0.15) is 0 Å². The summed E-state index contributed by atoms with van der Waals surface area (Å²) in [6.07, 6.45) is 0. The van der Waals surface area contributed by atoms with Crippen LogP contribution in [-0.4, -0.2) is 34.1 Å². The monoisotopic (exact) mass is 237 g/mol. The van der Waals surface area contributed by atoms with Crippen LogP contribution in [0.4, 0.5) is 0 Å². The van der Waals surface area contributed by atoms with E-state index in [-0.39, 0.29) is 0 Å². The van der Waals surface area contributed by atoms with Gasteiger partial charge in [-0.05, 0) is 0 Å². The Morgan fingerprint density at radius 2 is 1.25 bits per heavy atom. The second kappa shape index (κ2) is 6.89. The van der Waals surface area contributed by atoms with Crippen molar-refractivity contribution in [2.24, 2.45) is 0 Å². The van der Waals surface area contributed by atoms with Gasteiger partial charge in [0.05, 0.1) is 0 Å². The predicted molar refractivity (Wildman–Crippen MR) is 50.8 cm³/mol. The van der Waals surface area contributed by atoms with Gasteiger partial charge in [-0.3, -0.25) is 0 Å². The minimum absolute atomic E-state index is 0.648. The van der Waals surface area contributed by atoms with Crippen molar-refractivity contribution < 1.29 is 11.3 Å². The second-order valence-electron chi connectivity index (χ2n) is 2.23. The van der Waals surface area contributed by atoms with E-state index in [0.717, 1.165) is 0 Å². The van der Waals surface area contributed by atoms with E-state index >= 15 is 0 Å². The Morgan fingerprint density at radius 3 is 1.42 bits per heavy atom. The van der Waals surface area contributed by atoms with Crippen LogP contribution in [0.3, 0.4) is 0 Å². The van der Waals surface area contributed by atoms with Crippen LogP contribution in [0.1, 0.15) is 20.8 Å². The fourth-order valence-electron chi connectivity index (χ4n) is 1.00. The Bertz CT molecular complexity index is 91.5. The molecular formula is C8H19GeO3. The molecule has 0 amide bonds. The first-order valence-corrected chi connectivity index (χ1v) is 8.51. The third-order valence-electron chi connectivity index (χ3n) is 1.40. The molecule has 0 aliphatic carbocycles. The van der Waals surface area contributed by atoms with E-state index in [9.17, 15) is 0 Å². The van der Waals surface area contributed by atoms with Gasteiger partial charge in [0.2, 0.25) is 0 Å². The van der Waals surface area contributed by atoms with E-state index in [4.69, 9.17) is 11.3 Å². The van der Waals surface area contributed by atoms with E-state index in [1.807, 2.05) is 20.8 Å². The summed E-state index contributed by atoms with van der Waals surface area (Å²) in [4.78, 5) is 0. The summed E-state index contributed by atoms with van der Waals surface area (Å²) in [7, 11) is 0. The minimum atomic E-state index is -2.89. The van der Waals surface area contributed by atoms with Crippen molar-refractivity contribution >= 4 is 14.3 Å². The van der Waals surface area contributed by atoms with Crippen molar-refractivity contribution in [3.63, 3.8) is 0 Å².